The molecule has 19 heavy (non-hydrogen) atoms. The zero-order valence-corrected chi connectivity index (χ0v) is 12.0. The van der Waals surface area contributed by atoms with E-state index in [0.717, 1.165) is 5.69 Å². The molecule has 0 aliphatic heterocycles. The van der Waals surface area contributed by atoms with Crippen LogP contribution in [-0.2, 0) is 13.1 Å². The van der Waals surface area contributed by atoms with E-state index in [1.165, 1.54) is 12.1 Å². The molecule has 0 bridgehead atoms. The second-order valence-electron chi connectivity index (χ2n) is 4.32. The highest BCUT2D eigenvalue weighted by atomic mass is 79.9. The SMILES string of the molecule is CN(Cc1ccccn1)Cc1c(F)ccc(Br)c1F. The molecule has 1 heterocycles. The molecular formula is C14H13BrF2N2. The normalized spacial score (nSPS) is 11.0. The minimum absolute atomic E-state index is 0.0628. The Morgan fingerprint density at radius 3 is 2.63 bits per heavy atom. The lowest BCUT2D eigenvalue weighted by Crippen LogP contribution is -2.19. The molecule has 2 nitrogen and oxygen atoms in total. The summed E-state index contributed by atoms with van der Waals surface area (Å²) in [6.45, 7) is 0.722. The van der Waals surface area contributed by atoms with Gasteiger partial charge in [0, 0.05) is 24.8 Å². The van der Waals surface area contributed by atoms with Crippen LogP contribution in [0.5, 0.6) is 0 Å². The highest BCUT2D eigenvalue weighted by Crippen LogP contribution is 2.22. The molecule has 0 aliphatic carbocycles. The summed E-state index contributed by atoms with van der Waals surface area (Å²) in [5, 5.41) is 0. The standard InChI is InChI=1S/C14H13BrF2N2/c1-19(8-10-4-2-3-7-18-10)9-11-13(16)6-5-12(15)14(11)17/h2-7H,8-9H2,1H3. The predicted molar refractivity (Wildman–Crippen MR) is 73.5 cm³/mol. The van der Waals surface area contributed by atoms with E-state index >= 15 is 0 Å². The van der Waals surface area contributed by atoms with Crippen LogP contribution in [0.15, 0.2) is 41.0 Å². The van der Waals surface area contributed by atoms with Crippen LogP contribution < -0.4 is 0 Å². The minimum Gasteiger partial charge on any atom is -0.296 e. The lowest BCUT2D eigenvalue weighted by molar-refractivity contribution is 0.303. The lowest BCUT2D eigenvalue weighted by Gasteiger charge is -2.17. The average Bonchev–Trinajstić information content (AvgIpc) is 2.40. The summed E-state index contributed by atoms with van der Waals surface area (Å²) in [4.78, 5) is 6.00. The van der Waals surface area contributed by atoms with E-state index in [1.54, 1.807) is 13.2 Å². The molecular weight excluding hydrogens is 314 g/mol. The first kappa shape index (κ1) is 14.1. The second-order valence-corrected chi connectivity index (χ2v) is 5.17. The number of rotatable bonds is 4. The average molecular weight is 327 g/mol. The van der Waals surface area contributed by atoms with Crippen LogP contribution in [0.25, 0.3) is 0 Å². The molecule has 0 N–H and O–H groups in total. The fourth-order valence-corrected chi connectivity index (χ4v) is 2.18. The van der Waals surface area contributed by atoms with E-state index in [9.17, 15) is 8.78 Å². The van der Waals surface area contributed by atoms with Gasteiger partial charge in [0.1, 0.15) is 11.6 Å². The first-order chi connectivity index (χ1) is 9.08. The van der Waals surface area contributed by atoms with Crippen molar-refractivity contribution in [1.29, 1.82) is 0 Å². The quantitative estimate of drug-likeness (QED) is 0.795. The molecule has 0 spiro atoms. The number of pyridine rings is 1. The Bertz CT molecular complexity index is 561. The fourth-order valence-electron chi connectivity index (χ4n) is 1.81. The molecule has 1 aromatic carbocycles. The largest absolute Gasteiger partial charge is 0.296 e. The Balaban J connectivity index is 2.11. The van der Waals surface area contributed by atoms with Crippen molar-refractivity contribution in [3.8, 4) is 0 Å². The molecule has 0 saturated heterocycles. The maximum absolute atomic E-state index is 13.8. The van der Waals surface area contributed by atoms with Gasteiger partial charge >= 0.3 is 0 Å². The molecule has 0 fully saturated rings. The van der Waals surface area contributed by atoms with Gasteiger partial charge in [0.15, 0.2) is 0 Å². The van der Waals surface area contributed by atoms with Crippen molar-refractivity contribution in [2.45, 2.75) is 13.1 Å². The van der Waals surface area contributed by atoms with Gasteiger partial charge in [0.25, 0.3) is 0 Å². The van der Waals surface area contributed by atoms with Crippen LogP contribution in [0.1, 0.15) is 11.3 Å². The Hall–Kier alpha value is -1.33. The maximum Gasteiger partial charge on any atom is 0.144 e. The van der Waals surface area contributed by atoms with Crippen molar-refractivity contribution >= 4 is 15.9 Å². The molecule has 0 amide bonds. The molecule has 2 rings (SSSR count). The van der Waals surface area contributed by atoms with Gasteiger partial charge in [0.05, 0.1) is 10.2 Å². The third-order valence-electron chi connectivity index (χ3n) is 2.73. The summed E-state index contributed by atoms with van der Waals surface area (Å²) in [5.41, 5.74) is 0.925. The zero-order chi connectivity index (χ0) is 13.8. The first-order valence-corrected chi connectivity index (χ1v) is 6.58. The van der Waals surface area contributed by atoms with Gasteiger partial charge in [-0.25, -0.2) is 8.78 Å². The molecule has 1 aromatic heterocycles. The summed E-state index contributed by atoms with van der Waals surface area (Å²) >= 11 is 3.06. The van der Waals surface area contributed by atoms with Crippen LogP contribution in [-0.4, -0.2) is 16.9 Å². The van der Waals surface area contributed by atoms with Gasteiger partial charge in [0.2, 0.25) is 0 Å². The summed E-state index contributed by atoms with van der Waals surface area (Å²) in [6, 6.07) is 8.22. The Morgan fingerprint density at radius 2 is 1.95 bits per heavy atom. The van der Waals surface area contributed by atoms with Gasteiger partial charge in [-0.3, -0.25) is 9.88 Å². The number of hydrogen-bond acceptors (Lipinski definition) is 2. The van der Waals surface area contributed by atoms with E-state index in [2.05, 4.69) is 20.9 Å². The first-order valence-electron chi connectivity index (χ1n) is 5.78. The van der Waals surface area contributed by atoms with Gasteiger partial charge in [-0.15, -0.1) is 0 Å². The van der Waals surface area contributed by atoms with Crippen molar-refractivity contribution in [1.82, 2.24) is 9.88 Å². The summed E-state index contributed by atoms with van der Waals surface area (Å²) in [6.07, 6.45) is 1.70. The van der Waals surface area contributed by atoms with Gasteiger partial charge in [-0.1, -0.05) is 6.07 Å². The van der Waals surface area contributed by atoms with E-state index < -0.39 is 11.6 Å². The number of aromatic nitrogens is 1. The summed E-state index contributed by atoms with van der Waals surface area (Å²) in [7, 11) is 1.80. The van der Waals surface area contributed by atoms with Crippen molar-refractivity contribution in [3.05, 3.63) is 63.9 Å². The van der Waals surface area contributed by atoms with Crippen LogP contribution in [0.4, 0.5) is 8.78 Å². The predicted octanol–water partition coefficient (Wildman–Crippen LogP) is 3.75. The van der Waals surface area contributed by atoms with Crippen LogP contribution in [0.3, 0.4) is 0 Å². The molecule has 0 radical (unpaired) electrons. The fraction of sp³-hybridized carbons (Fsp3) is 0.214. The molecule has 2 aromatic rings. The van der Waals surface area contributed by atoms with Crippen LogP contribution in [0, 0.1) is 11.6 Å². The molecule has 0 saturated carbocycles. The second kappa shape index (κ2) is 6.21. The number of nitrogens with zero attached hydrogens (tertiary/aromatic N) is 2. The van der Waals surface area contributed by atoms with E-state index in [4.69, 9.17) is 0 Å². The third-order valence-corrected chi connectivity index (χ3v) is 3.34. The Labute approximate surface area is 119 Å². The molecule has 5 heteroatoms. The molecule has 0 aliphatic rings. The summed E-state index contributed by atoms with van der Waals surface area (Å²) in [5.74, 6) is -1.08. The zero-order valence-electron chi connectivity index (χ0n) is 10.4. The van der Waals surface area contributed by atoms with Crippen LogP contribution >= 0.6 is 15.9 Å². The molecule has 100 valence electrons. The van der Waals surface area contributed by atoms with E-state index in [-0.39, 0.29) is 16.6 Å². The maximum atomic E-state index is 13.8. The molecule has 0 atom stereocenters. The van der Waals surface area contributed by atoms with Crippen LogP contribution in [0.2, 0.25) is 0 Å². The highest BCUT2D eigenvalue weighted by molar-refractivity contribution is 9.10. The van der Waals surface area contributed by atoms with Crippen molar-refractivity contribution in [2.75, 3.05) is 7.05 Å². The van der Waals surface area contributed by atoms with Crippen molar-refractivity contribution in [3.63, 3.8) is 0 Å². The summed E-state index contributed by atoms with van der Waals surface area (Å²) < 4.78 is 27.7. The van der Waals surface area contributed by atoms with Gasteiger partial charge in [-0.05, 0) is 47.2 Å². The van der Waals surface area contributed by atoms with Gasteiger partial charge < -0.3 is 0 Å². The topological polar surface area (TPSA) is 16.1 Å². The van der Waals surface area contributed by atoms with E-state index in [0.29, 0.717) is 6.54 Å². The minimum atomic E-state index is -0.548. The van der Waals surface area contributed by atoms with E-state index in [1.807, 2.05) is 23.1 Å². The highest BCUT2D eigenvalue weighted by Gasteiger charge is 2.14. The lowest BCUT2D eigenvalue weighted by atomic mass is 10.2. The smallest absolute Gasteiger partial charge is 0.144 e. The number of hydrogen-bond donors (Lipinski definition) is 0. The third kappa shape index (κ3) is 3.58. The van der Waals surface area contributed by atoms with Crippen molar-refractivity contribution in [2.24, 2.45) is 0 Å². The monoisotopic (exact) mass is 326 g/mol. The Kier molecular flexibility index (Phi) is 4.61. The van der Waals surface area contributed by atoms with Gasteiger partial charge in [-0.2, -0.15) is 0 Å². The number of benzene rings is 1. The Morgan fingerprint density at radius 1 is 1.16 bits per heavy atom. The number of halogens is 3. The molecule has 0 unspecified atom stereocenters. The van der Waals surface area contributed by atoms with Crippen molar-refractivity contribution < 1.29 is 8.78 Å².